The molecule has 0 fully saturated rings. The second-order valence-corrected chi connectivity index (χ2v) is 7.21. The first kappa shape index (κ1) is 16.5. The van der Waals surface area contributed by atoms with E-state index in [-0.39, 0.29) is 5.91 Å². The molecule has 0 unspecified atom stereocenters. The van der Waals surface area contributed by atoms with Crippen molar-refractivity contribution >= 4 is 28.2 Å². The molecule has 2 aromatic rings. The minimum atomic E-state index is -0.480. The number of rotatable bonds is 4. The van der Waals surface area contributed by atoms with Gasteiger partial charge in [-0.2, -0.15) is 0 Å². The number of carbonyl (C=O) groups is 2. The molecule has 3 N–H and O–H groups in total. The minimum Gasteiger partial charge on any atom is -0.497 e. The van der Waals surface area contributed by atoms with Crippen molar-refractivity contribution in [3.63, 3.8) is 0 Å². The van der Waals surface area contributed by atoms with E-state index in [1.54, 1.807) is 31.4 Å². The molecule has 1 heterocycles. The molecule has 1 aliphatic carbocycles. The zero-order chi connectivity index (χ0) is 17.3. The Morgan fingerprint density at radius 1 is 1.29 bits per heavy atom. The molecule has 2 amide bonds. The molecule has 0 aliphatic heterocycles. The smallest absolute Gasteiger partial charge is 0.256 e. The van der Waals surface area contributed by atoms with Crippen LogP contribution < -0.4 is 15.8 Å². The Morgan fingerprint density at radius 2 is 2.00 bits per heavy atom. The molecule has 0 saturated carbocycles. The van der Waals surface area contributed by atoms with Gasteiger partial charge in [-0.25, -0.2) is 0 Å². The van der Waals surface area contributed by atoms with Crippen LogP contribution in [0.1, 0.15) is 44.5 Å². The molecule has 1 aromatic carbocycles. The number of ether oxygens (including phenoxy) is 1. The number of amides is 2. The maximum absolute atomic E-state index is 12.5. The highest BCUT2D eigenvalue weighted by atomic mass is 32.1. The summed E-state index contributed by atoms with van der Waals surface area (Å²) in [5.74, 6) is 0.471. The van der Waals surface area contributed by atoms with Gasteiger partial charge in [0, 0.05) is 10.4 Å². The van der Waals surface area contributed by atoms with Crippen LogP contribution in [0.25, 0.3) is 0 Å². The number of methoxy groups -OCH3 is 1. The second kappa shape index (κ2) is 6.65. The zero-order valence-electron chi connectivity index (χ0n) is 13.7. The van der Waals surface area contributed by atoms with Crippen LogP contribution >= 0.6 is 11.3 Å². The Hall–Kier alpha value is -2.34. The van der Waals surface area contributed by atoms with Gasteiger partial charge in [0.15, 0.2) is 0 Å². The highest BCUT2D eigenvalue weighted by molar-refractivity contribution is 7.17. The topological polar surface area (TPSA) is 81.4 Å². The fraction of sp³-hybridized carbons (Fsp3) is 0.333. The van der Waals surface area contributed by atoms with Gasteiger partial charge in [0.1, 0.15) is 10.8 Å². The Kier molecular flexibility index (Phi) is 4.57. The average Bonchev–Trinajstić information content (AvgIpc) is 2.92. The summed E-state index contributed by atoms with van der Waals surface area (Å²) in [6, 6.07) is 6.83. The van der Waals surface area contributed by atoms with E-state index in [1.165, 1.54) is 11.3 Å². The summed E-state index contributed by atoms with van der Waals surface area (Å²) in [5.41, 5.74) is 7.57. The average molecular weight is 344 g/mol. The number of fused-ring (bicyclic) bond motifs is 1. The number of anilines is 1. The number of thiophene rings is 1. The third-order valence-electron chi connectivity index (χ3n) is 4.33. The third-order valence-corrected chi connectivity index (χ3v) is 5.54. The lowest BCUT2D eigenvalue weighted by molar-refractivity contribution is 0.1000. The van der Waals surface area contributed by atoms with Gasteiger partial charge >= 0.3 is 0 Å². The summed E-state index contributed by atoms with van der Waals surface area (Å²) >= 11 is 1.47. The maximum Gasteiger partial charge on any atom is 0.256 e. The van der Waals surface area contributed by atoms with Crippen molar-refractivity contribution in [2.45, 2.75) is 26.2 Å². The molecule has 0 radical (unpaired) electrons. The van der Waals surface area contributed by atoms with Crippen molar-refractivity contribution in [1.82, 2.24) is 0 Å². The first-order valence-electron chi connectivity index (χ1n) is 7.89. The van der Waals surface area contributed by atoms with E-state index in [1.807, 2.05) is 0 Å². The molecule has 1 aromatic heterocycles. The molecule has 24 heavy (non-hydrogen) atoms. The number of nitrogens with two attached hydrogens (primary N) is 1. The Morgan fingerprint density at radius 3 is 2.62 bits per heavy atom. The van der Waals surface area contributed by atoms with Gasteiger partial charge in [0.05, 0.1) is 12.7 Å². The van der Waals surface area contributed by atoms with Crippen molar-refractivity contribution in [2.24, 2.45) is 11.7 Å². The van der Waals surface area contributed by atoms with Crippen LogP contribution in [0.5, 0.6) is 5.75 Å². The van der Waals surface area contributed by atoms with Crippen LogP contribution in [-0.4, -0.2) is 18.9 Å². The number of aryl methyl sites for hydroxylation is 1. The van der Waals surface area contributed by atoms with Crippen molar-refractivity contribution in [2.75, 3.05) is 12.4 Å². The summed E-state index contributed by atoms with van der Waals surface area (Å²) in [6.07, 6.45) is 2.86. The summed E-state index contributed by atoms with van der Waals surface area (Å²) in [5, 5.41) is 3.41. The summed E-state index contributed by atoms with van der Waals surface area (Å²) in [4.78, 5) is 25.6. The Labute approximate surface area is 144 Å². The molecule has 1 aliphatic rings. The molecular formula is C18H20N2O3S. The lowest BCUT2D eigenvalue weighted by Crippen LogP contribution is -2.19. The number of benzene rings is 1. The SMILES string of the molecule is COc1ccc(C(=O)Nc2sc3c(c2C(N)=O)C[C@H](C)CC3)cc1. The molecule has 0 spiro atoms. The van der Waals surface area contributed by atoms with Gasteiger partial charge in [0.25, 0.3) is 11.8 Å². The monoisotopic (exact) mass is 344 g/mol. The van der Waals surface area contributed by atoms with Gasteiger partial charge in [-0.1, -0.05) is 6.92 Å². The number of hydrogen-bond donors (Lipinski definition) is 2. The van der Waals surface area contributed by atoms with Crippen LogP contribution in [0.4, 0.5) is 5.00 Å². The molecule has 6 heteroatoms. The number of primary amides is 1. The summed E-state index contributed by atoms with van der Waals surface area (Å²) in [6.45, 7) is 2.17. The lowest BCUT2D eigenvalue weighted by atomic mass is 9.87. The number of hydrogen-bond acceptors (Lipinski definition) is 4. The largest absolute Gasteiger partial charge is 0.497 e. The summed E-state index contributed by atoms with van der Waals surface area (Å²) in [7, 11) is 1.57. The first-order valence-corrected chi connectivity index (χ1v) is 8.71. The van der Waals surface area contributed by atoms with Gasteiger partial charge in [-0.3, -0.25) is 9.59 Å². The van der Waals surface area contributed by atoms with Crippen LogP contribution in [0.15, 0.2) is 24.3 Å². The number of nitrogens with one attached hydrogen (secondary N) is 1. The number of carbonyl (C=O) groups excluding carboxylic acids is 2. The fourth-order valence-electron chi connectivity index (χ4n) is 3.02. The van der Waals surface area contributed by atoms with E-state index in [0.717, 1.165) is 29.7 Å². The van der Waals surface area contributed by atoms with Gasteiger partial charge in [0.2, 0.25) is 0 Å². The van der Waals surface area contributed by atoms with Crippen molar-refractivity contribution < 1.29 is 14.3 Å². The van der Waals surface area contributed by atoms with Gasteiger partial charge in [-0.05, 0) is 55.0 Å². The summed E-state index contributed by atoms with van der Waals surface area (Å²) < 4.78 is 5.09. The van der Waals surface area contributed by atoms with Crippen LogP contribution in [0.3, 0.4) is 0 Å². The third kappa shape index (κ3) is 3.14. The van der Waals surface area contributed by atoms with E-state index < -0.39 is 5.91 Å². The maximum atomic E-state index is 12.5. The highest BCUT2D eigenvalue weighted by Crippen LogP contribution is 2.39. The predicted molar refractivity (Wildman–Crippen MR) is 95.0 cm³/mol. The van der Waals surface area contributed by atoms with E-state index in [2.05, 4.69) is 12.2 Å². The van der Waals surface area contributed by atoms with E-state index >= 15 is 0 Å². The van der Waals surface area contributed by atoms with Crippen LogP contribution in [0, 0.1) is 5.92 Å². The Balaban J connectivity index is 1.89. The van der Waals surface area contributed by atoms with Crippen LogP contribution in [-0.2, 0) is 12.8 Å². The zero-order valence-corrected chi connectivity index (χ0v) is 14.5. The van der Waals surface area contributed by atoms with Crippen molar-refractivity contribution in [1.29, 1.82) is 0 Å². The molecule has 126 valence electrons. The molecular weight excluding hydrogens is 324 g/mol. The molecule has 1 atom stereocenters. The highest BCUT2D eigenvalue weighted by Gasteiger charge is 2.27. The second-order valence-electron chi connectivity index (χ2n) is 6.10. The van der Waals surface area contributed by atoms with Crippen LogP contribution in [0.2, 0.25) is 0 Å². The van der Waals surface area contributed by atoms with E-state index in [9.17, 15) is 9.59 Å². The van der Waals surface area contributed by atoms with E-state index in [0.29, 0.717) is 27.8 Å². The molecule has 5 nitrogen and oxygen atoms in total. The molecule has 0 bridgehead atoms. The lowest BCUT2D eigenvalue weighted by Gasteiger charge is -2.18. The van der Waals surface area contributed by atoms with Crippen molar-refractivity contribution in [3.05, 3.63) is 45.8 Å². The predicted octanol–water partition coefficient (Wildman–Crippen LogP) is 3.23. The standard InChI is InChI=1S/C18H20N2O3S/c1-10-3-8-14-13(9-10)15(16(19)21)18(24-14)20-17(22)11-4-6-12(23-2)7-5-11/h4-7,10H,3,8-9H2,1-2H3,(H2,19,21)(H,20,22)/t10-/m1/s1. The normalized spacial score (nSPS) is 16.3. The fourth-order valence-corrected chi connectivity index (χ4v) is 4.27. The first-order chi connectivity index (χ1) is 11.5. The van der Waals surface area contributed by atoms with Gasteiger partial charge < -0.3 is 15.8 Å². The molecule has 3 rings (SSSR count). The van der Waals surface area contributed by atoms with Crippen molar-refractivity contribution in [3.8, 4) is 5.75 Å². The van der Waals surface area contributed by atoms with Gasteiger partial charge in [-0.15, -0.1) is 11.3 Å². The minimum absolute atomic E-state index is 0.258. The molecule has 0 saturated heterocycles. The van der Waals surface area contributed by atoms with E-state index in [4.69, 9.17) is 10.5 Å². The Bertz CT molecular complexity index is 780. The quantitative estimate of drug-likeness (QED) is 0.893.